The maximum absolute atomic E-state index is 11.6. The maximum Gasteiger partial charge on any atom is 0.338 e. The smallest absolute Gasteiger partial charge is 0.338 e. The van der Waals surface area contributed by atoms with Gasteiger partial charge in [0.1, 0.15) is 0 Å². The van der Waals surface area contributed by atoms with Crippen molar-refractivity contribution in [2.24, 2.45) is 5.41 Å². The topological polar surface area (TPSA) is 119 Å². The van der Waals surface area contributed by atoms with Gasteiger partial charge in [-0.15, -0.1) is 0 Å². The van der Waals surface area contributed by atoms with Crippen LogP contribution < -0.4 is 5.32 Å². The number of esters is 1. The normalized spacial score (nSPS) is 22.6. The minimum atomic E-state index is -3.21. The first-order chi connectivity index (χ1) is 12.1. The van der Waals surface area contributed by atoms with Crippen molar-refractivity contribution >= 4 is 21.7 Å². The number of carbonyl (C=O) groups is 1. The van der Waals surface area contributed by atoms with Gasteiger partial charge in [0.05, 0.1) is 23.9 Å². The van der Waals surface area contributed by atoms with E-state index in [1.165, 1.54) is 29.8 Å². The van der Waals surface area contributed by atoms with Crippen LogP contribution in [0.4, 0.5) is 5.69 Å². The van der Waals surface area contributed by atoms with Crippen LogP contribution in [0.5, 0.6) is 0 Å². The molecule has 2 saturated heterocycles. The monoisotopic (exact) mass is 383 g/mol. The van der Waals surface area contributed by atoms with Crippen molar-refractivity contribution in [3.63, 3.8) is 0 Å². The third kappa shape index (κ3) is 3.44. The van der Waals surface area contributed by atoms with Gasteiger partial charge in [-0.25, -0.2) is 17.5 Å². The van der Waals surface area contributed by atoms with E-state index in [0.717, 1.165) is 6.42 Å². The number of rotatable bonds is 4. The van der Waals surface area contributed by atoms with E-state index in [9.17, 15) is 23.3 Å². The zero-order valence-electron chi connectivity index (χ0n) is 14.6. The fourth-order valence-electron chi connectivity index (χ4n) is 3.80. The number of nitro benzene ring substituents is 1. The first-order valence-electron chi connectivity index (χ1n) is 8.20. The predicted octanol–water partition coefficient (Wildman–Crippen LogP) is 1.07. The second kappa shape index (κ2) is 6.60. The Bertz CT molecular complexity index is 848. The van der Waals surface area contributed by atoms with Gasteiger partial charge < -0.3 is 10.1 Å². The van der Waals surface area contributed by atoms with Crippen molar-refractivity contribution in [2.45, 2.75) is 18.9 Å². The van der Waals surface area contributed by atoms with Gasteiger partial charge in [-0.3, -0.25) is 10.1 Å². The molecule has 1 spiro atoms. The molecule has 0 aliphatic carbocycles. The van der Waals surface area contributed by atoms with Crippen molar-refractivity contribution in [3.05, 3.63) is 39.4 Å². The summed E-state index contributed by atoms with van der Waals surface area (Å²) in [7, 11) is -1.99. The molecule has 1 aromatic rings. The Morgan fingerprint density at radius 2 is 2.12 bits per heavy atom. The number of hydrogen-bond acceptors (Lipinski definition) is 7. The number of nitro groups is 1. The molecular weight excluding hydrogens is 362 g/mol. The number of nitrogens with zero attached hydrogens (tertiary/aromatic N) is 2. The number of benzene rings is 1. The zero-order valence-corrected chi connectivity index (χ0v) is 15.4. The molecule has 0 bridgehead atoms. The molecule has 0 saturated carbocycles. The van der Waals surface area contributed by atoms with Crippen LogP contribution in [0.15, 0.2) is 18.2 Å². The number of ether oxygens (including phenoxy) is 1. The van der Waals surface area contributed by atoms with Gasteiger partial charge in [-0.2, -0.15) is 0 Å². The number of nitrogens with one attached hydrogen (secondary N) is 1. The number of carbonyl (C=O) groups excluding carboxylic acids is 1. The van der Waals surface area contributed by atoms with Gasteiger partial charge in [0, 0.05) is 36.2 Å². The van der Waals surface area contributed by atoms with Crippen molar-refractivity contribution < 1.29 is 22.9 Å². The fraction of sp³-hybridized carbons (Fsp3) is 0.562. The van der Waals surface area contributed by atoms with Crippen molar-refractivity contribution in [3.8, 4) is 0 Å². The lowest BCUT2D eigenvalue weighted by Gasteiger charge is -2.53. The molecular formula is C16H21N3O6S. The molecule has 1 aromatic carbocycles. The quantitative estimate of drug-likeness (QED) is 0.469. The molecule has 26 heavy (non-hydrogen) atoms. The van der Waals surface area contributed by atoms with Gasteiger partial charge in [0.15, 0.2) is 0 Å². The zero-order chi connectivity index (χ0) is 19.1. The molecule has 9 nitrogen and oxygen atoms in total. The van der Waals surface area contributed by atoms with Crippen LogP contribution in [0.1, 0.15) is 34.8 Å². The molecule has 1 atom stereocenters. The van der Waals surface area contributed by atoms with E-state index in [1.807, 2.05) is 0 Å². The second-order valence-corrected chi connectivity index (χ2v) is 9.00. The van der Waals surface area contributed by atoms with Crippen LogP contribution in [0.25, 0.3) is 0 Å². The van der Waals surface area contributed by atoms with Crippen molar-refractivity contribution in [1.82, 2.24) is 9.62 Å². The van der Waals surface area contributed by atoms with E-state index in [-0.39, 0.29) is 22.7 Å². The Balaban J connectivity index is 1.85. The summed E-state index contributed by atoms with van der Waals surface area (Å²) in [6, 6.07) is 4.06. The third-order valence-corrected chi connectivity index (χ3v) is 6.40. The highest BCUT2D eigenvalue weighted by Gasteiger charge is 2.49. The minimum Gasteiger partial charge on any atom is -0.465 e. The molecule has 10 heteroatoms. The van der Waals surface area contributed by atoms with Crippen LogP contribution in [-0.2, 0) is 14.8 Å². The van der Waals surface area contributed by atoms with Crippen LogP contribution >= 0.6 is 0 Å². The van der Waals surface area contributed by atoms with E-state index >= 15 is 0 Å². The van der Waals surface area contributed by atoms with Gasteiger partial charge in [-0.1, -0.05) is 0 Å². The largest absolute Gasteiger partial charge is 0.465 e. The van der Waals surface area contributed by atoms with Crippen LogP contribution in [-0.4, -0.2) is 56.6 Å². The molecule has 1 N–H and O–H groups in total. The first-order valence-corrected chi connectivity index (χ1v) is 10.1. The average molecular weight is 383 g/mol. The van der Waals surface area contributed by atoms with E-state index in [2.05, 4.69) is 10.1 Å². The molecule has 2 aliphatic heterocycles. The molecule has 142 valence electrons. The predicted molar refractivity (Wildman–Crippen MR) is 93.3 cm³/mol. The lowest BCUT2D eigenvalue weighted by atomic mass is 9.70. The third-order valence-electron chi connectivity index (χ3n) is 5.20. The SMILES string of the molecule is COC(=O)c1ccc(C2CC3(CCN2)CN(S(C)(=O)=O)C3)c([N+](=O)[O-])c1. The number of piperidine rings is 1. The van der Waals surface area contributed by atoms with Crippen LogP contribution in [0.3, 0.4) is 0 Å². The Labute approximate surface area is 151 Å². The van der Waals surface area contributed by atoms with E-state index < -0.39 is 20.9 Å². The molecule has 0 aromatic heterocycles. The first kappa shape index (κ1) is 18.7. The highest BCUT2D eigenvalue weighted by Crippen LogP contribution is 2.46. The number of hydrogen-bond donors (Lipinski definition) is 1. The molecule has 0 radical (unpaired) electrons. The fourth-order valence-corrected chi connectivity index (χ4v) is 4.82. The summed E-state index contributed by atoms with van der Waals surface area (Å²) in [5.41, 5.74) is 0.329. The Hall–Kier alpha value is -2.04. The summed E-state index contributed by atoms with van der Waals surface area (Å²) >= 11 is 0. The molecule has 3 rings (SSSR count). The molecule has 2 aliphatic rings. The van der Waals surface area contributed by atoms with E-state index in [1.54, 1.807) is 6.07 Å². The summed E-state index contributed by atoms with van der Waals surface area (Å²) in [6.07, 6.45) is 2.62. The molecule has 1 unspecified atom stereocenters. The molecule has 0 amide bonds. The molecule has 2 heterocycles. The Kier molecular flexibility index (Phi) is 4.76. The van der Waals surface area contributed by atoms with E-state index in [0.29, 0.717) is 31.6 Å². The Morgan fingerprint density at radius 1 is 1.42 bits per heavy atom. The highest BCUT2D eigenvalue weighted by atomic mass is 32.2. The summed E-state index contributed by atoms with van der Waals surface area (Å²) in [5.74, 6) is -0.629. The maximum atomic E-state index is 11.6. The van der Waals surface area contributed by atoms with Crippen LogP contribution in [0, 0.1) is 15.5 Å². The summed E-state index contributed by atoms with van der Waals surface area (Å²) < 4.78 is 29.3. The minimum absolute atomic E-state index is 0.125. The molecule has 2 fully saturated rings. The van der Waals surface area contributed by atoms with Crippen LogP contribution in [0.2, 0.25) is 0 Å². The average Bonchev–Trinajstić information content (AvgIpc) is 2.57. The summed E-state index contributed by atoms with van der Waals surface area (Å²) in [5, 5.41) is 14.8. The van der Waals surface area contributed by atoms with Gasteiger partial charge in [0.25, 0.3) is 5.69 Å². The van der Waals surface area contributed by atoms with Gasteiger partial charge in [-0.05, 0) is 31.5 Å². The lowest BCUT2D eigenvalue weighted by Crippen LogP contribution is -2.61. The number of sulfonamides is 1. The number of methoxy groups -OCH3 is 1. The summed E-state index contributed by atoms with van der Waals surface area (Å²) in [4.78, 5) is 22.6. The van der Waals surface area contributed by atoms with Crippen molar-refractivity contribution in [1.29, 1.82) is 0 Å². The standard InChI is InChI=1S/C16H21N3O6S/c1-25-15(20)11-3-4-12(14(7-11)19(21)22)13-8-16(5-6-17-13)9-18(10-16)26(2,23)24/h3-4,7,13,17H,5-6,8-10H2,1-2H3. The van der Waals surface area contributed by atoms with Gasteiger partial charge in [0.2, 0.25) is 10.0 Å². The van der Waals surface area contributed by atoms with Crippen molar-refractivity contribution in [2.75, 3.05) is 33.0 Å². The Morgan fingerprint density at radius 3 is 2.69 bits per heavy atom. The summed E-state index contributed by atoms with van der Waals surface area (Å²) in [6.45, 7) is 1.54. The highest BCUT2D eigenvalue weighted by molar-refractivity contribution is 7.88. The van der Waals surface area contributed by atoms with E-state index in [4.69, 9.17) is 0 Å². The van der Waals surface area contributed by atoms with Gasteiger partial charge >= 0.3 is 5.97 Å². The second-order valence-electron chi connectivity index (χ2n) is 7.01. The lowest BCUT2D eigenvalue weighted by molar-refractivity contribution is -0.385.